The van der Waals surface area contributed by atoms with E-state index in [4.69, 9.17) is 4.74 Å². The number of aryl methyl sites for hydroxylation is 2. The number of hydrogen-bond donors (Lipinski definition) is 1. The summed E-state index contributed by atoms with van der Waals surface area (Å²) >= 11 is 0. The first-order valence-corrected chi connectivity index (χ1v) is 12.7. The van der Waals surface area contributed by atoms with Gasteiger partial charge in [-0.2, -0.15) is 5.10 Å². The molecule has 1 N–H and O–H groups in total. The standard InChI is InChI=1S/C29H35FN4O3/c1-19-6-11-24(16-20(19)2)34-26(22-12-14-33(15-13-22)28(36)37-29(3,4)5)25(18-32-34)27(35)31-17-21-7-9-23(30)10-8-21/h6-11,16,18,22H,12-15,17H2,1-5H3,(H,31,35). The summed E-state index contributed by atoms with van der Waals surface area (Å²) in [6.45, 7) is 11.0. The molecule has 2 heterocycles. The first-order valence-electron chi connectivity index (χ1n) is 12.7. The minimum absolute atomic E-state index is 0.0365. The summed E-state index contributed by atoms with van der Waals surface area (Å²) in [6.07, 6.45) is 2.68. The first kappa shape index (κ1) is 26.4. The predicted octanol–water partition coefficient (Wildman–Crippen LogP) is 5.67. The van der Waals surface area contributed by atoms with E-state index >= 15 is 0 Å². The number of likely N-dealkylation sites (tertiary alicyclic amines) is 1. The Balaban J connectivity index is 1.58. The Hall–Kier alpha value is -3.68. The number of piperidine rings is 1. The number of aromatic nitrogens is 2. The number of hydrogen-bond acceptors (Lipinski definition) is 4. The Morgan fingerprint density at radius 2 is 1.73 bits per heavy atom. The fourth-order valence-electron chi connectivity index (χ4n) is 4.53. The largest absolute Gasteiger partial charge is 0.444 e. The molecule has 1 saturated heterocycles. The zero-order chi connectivity index (χ0) is 26.7. The van der Waals surface area contributed by atoms with E-state index in [1.54, 1.807) is 23.2 Å². The third kappa shape index (κ3) is 6.37. The van der Waals surface area contributed by atoms with Gasteiger partial charge in [-0.3, -0.25) is 4.79 Å². The molecule has 0 saturated carbocycles. The average molecular weight is 507 g/mol. The number of amides is 2. The van der Waals surface area contributed by atoms with Crippen LogP contribution in [0.2, 0.25) is 0 Å². The Morgan fingerprint density at radius 1 is 1.05 bits per heavy atom. The van der Waals surface area contributed by atoms with Crippen LogP contribution in [0.4, 0.5) is 9.18 Å². The molecule has 1 aromatic heterocycles. The lowest BCUT2D eigenvalue weighted by Crippen LogP contribution is -2.41. The molecule has 4 rings (SSSR count). The van der Waals surface area contributed by atoms with Crippen LogP contribution in [0, 0.1) is 19.7 Å². The molecule has 0 spiro atoms. The van der Waals surface area contributed by atoms with Crippen LogP contribution >= 0.6 is 0 Å². The van der Waals surface area contributed by atoms with E-state index in [-0.39, 0.29) is 30.3 Å². The highest BCUT2D eigenvalue weighted by atomic mass is 19.1. The molecule has 0 radical (unpaired) electrons. The summed E-state index contributed by atoms with van der Waals surface area (Å²) < 4.78 is 20.7. The lowest BCUT2D eigenvalue weighted by atomic mass is 9.90. The lowest BCUT2D eigenvalue weighted by molar-refractivity contribution is 0.0203. The zero-order valence-electron chi connectivity index (χ0n) is 22.2. The van der Waals surface area contributed by atoms with Crippen molar-refractivity contribution in [2.75, 3.05) is 13.1 Å². The molecule has 2 amide bonds. The van der Waals surface area contributed by atoms with Gasteiger partial charge in [-0.25, -0.2) is 13.9 Å². The molecule has 0 unspecified atom stereocenters. The van der Waals surface area contributed by atoms with Crippen molar-refractivity contribution in [3.63, 3.8) is 0 Å². The van der Waals surface area contributed by atoms with Crippen LogP contribution in [-0.2, 0) is 11.3 Å². The zero-order valence-corrected chi connectivity index (χ0v) is 22.2. The minimum Gasteiger partial charge on any atom is -0.444 e. The van der Waals surface area contributed by atoms with Gasteiger partial charge in [0.15, 0.2) is 0 Å². The quantitative estimate of drug-likeness (QED) is 0.484. The second kappa shape index (κ2) is 10.7. The van der Waals surface area contributed by atoms with Crippen LogP contribution in [0.25, 0.3) is 5.69 Å². The van der Waals surface area contributed by atoms with E-state index in [1.165, 1.54) is 17.7 Å². The number of nitrogens with one attached hydrogen (secondary N) is 1. The molecule has 196 valence electrons. The van der Waals surface area contributed by atoms with Crippen molar-refractivity contribution in [1.29, 1.82) is 0 Å². The average Bonchev–Trinajstić information content (AvgIpc) is 3.29. The molecule has 8 heteroatoms. The third-order valence-electron chi connectivity index (χ3n) is 6.69. The van der Waals surface area contributed by atoms with Gasteiger partial charge in [-0.05, 0) is 88.4 Å². The molecule has 1 aliphatic heterocycles. The van der Waals surface area contributed by atoms with E-state index in [1.807, 2.05) is 31.5 Å². The maximum absolute atomic E-state index is 13.3. The Morgan fingerprint density at radius 3 is 2.35 bits per heavy atom. The number of halogens is 1. The summed E-state index contributed by atoms with van der Waals surface area (Å²) in [6, 6.07) is 12.2. The summed E-state index contributed by atoms with van der Waals surface area (Å²) in [4.78, 5) is 27.6. The second-order valence-electron chi connectivity index (χ2n) is 10.7. The van der Waals surface area contributed by atoms with Gasteiger partial charge in [0.2, 0.25) is 0 Å². The SMILES string of the molecule is Cc1ccc(-n2ncc(C(=O)NCc3ccc(F)cc3)c2C2CCN(C(=O)OC(C)(C)C)CC2)cc1C. The number of benzene rings is 2. The maximum Gasteiger partial charge on any atom is 0.410 e. The van der Waals surface area contributed by atoms with E-state index < -0.39 is 5.60 Å². The highest BCUT2D eigenvalue weighted by Gasteiger charge is 2.32. The van der Waals surface area contributed by atoms with Crippen molar-refractivity contribution in [2.45, 2.75) is 65.5 Å². The predicted molar refractivity (Wildman–Crippen MR) is 140 cm³/mol. The lowest BCUT2D eigenvalue weighted by Gasteiger charge is -2.34. The molecule has 1 fully saturated rings. The van der Waals surface area contributed by atoms with Gasteiger partial charge in [0.25, 0.3) is 5.91 Å². The molecule has 1 aliphatic rings. The molecule has 0 atom stereocenters. The molecule has 2 aromatic carbocycles. The smallest absolute Gasteiger partial charge is 0.410 e. The number of carbonyl (C=O) groups excluding carboxylic acids is 2. The van der Waals surface area contributed by atoms with E-state index in [9.17, 15) is 14.0 Å². The molecule has 0 aliphatic carbocycles. The molecule has 3 aromatic rings. The van der Waals surface area contributed by atoms with Crippen LogP contribution in [0.15, 0.2) is 48.7 Å². The van der Waals surface area contributed by atoms with Crippen molar-refractivity contribution >= 4 is 12.0 Å². The van der Waals surface area contributed by atoms with Crippen LogP contribution in [0.1, 0.15) is 72.3 Å². The summed E-state index contributed by atoms with van der Waals surface area (Å²) in [5.74, 6) is -0.511. The van der Waals surface area contributed by atoms with Crippen molar-refractivity contribution in [3.8, 4) is 5.69 Å². The first-order chi connectivity index (χ1) is 17.5. The van der Waals surface area contributed by atoms with E-state index in [2.05, 4.69) is 36.4 Å². The molecular weight excluding hydrogens is 471 g/mol. The molecular formula is C29H35FN4O3. The van der Waals surface area contributed by atoms with Crippen LogP contribution < -0.4 is 5.32 Å². The highest BCUT2D eigenvalue weighted by molar-refractivity contribution is 5.95. The van der Waals surface area contributed by atoms with Crippen LogP contribution in [-0.4, -0.2) is 45.4 Å². The highest BCUT2D eigenvalue weighted by Crippen LogP contribution is 2.33. The van der Waals surface area contributed by atoms with Gasteiger partial charge in [0, 0.05) is 25.6 Å². The fourth-order valence-corrected chi connectivity index (χ4v) is 4.53. The van der Waals surface area contributed by atoms with Crippen LogP contribution in [0.5, 0.6) is 0 Å². The summed E-state index contributed by atoms with van der Waals surface area (Å²) in [7, 11) is 0. The Kier molecular flexibility index (Phi) is 7.66. The van der Waals surface area contributed by atoms with Crippen molar-refractivity contribution < 1.29 is 18.7 Å². The Labute approximate surface area is 217 Å². The fraction of sp³-hybridized carbons (Fsp3) is 0.414. The normalized spacial score (nSPS) is 14.5. The van der Waals surface area contributed by atoms with Crippen molar-refractivity contribution in [1.82, 2.24) is 20.0 Å². The molecule has 37 heavy (non-hydrogen) atoms. The van der Waals surface area contributed by atoms with Gasteiger partial charge in [0.05, 0.1) is 23.1 Å². The maximum atomic E-state index is 13.3. The number of carbonyl (C=O) groups is 2. The Bertz CT molecular complexity index is 1270. The van der Waals surface area contributed by atoms with Crippen LogP contribution in [0.3, 0.4) is 0 Å². The number of ether oxygens (including phenoxy) is 1. The number of rotatable bonds is 5. The van der Waals surface area contributed by atoms with Gasteiger partial charge in [0.1, 0.15) is 11.4 Å². The summed E-state index contributed by atoms with van der Waals surface area (Å²) in [5, 5.41) is 7.58. The topological polar surface area (TPSA) is 76.5 Å². The van der Waals surface area contributed by atoms with E-state index in [0.29, 0.717) is 31.5 Å². The monoisotopic (exact) mass is 506 g/mol. The van der Waals surface area contributed by atoms with E-state index in [0.717, 1.165) is 22.5 Å². The van der Waals surface area contributed by atoms with Gasteiger partial charge in [-0.15, -0.1) is 0 Å². The van der Waals surface area contributed by atoms with Gasteiger partial charge in [-0.1, -0.05) is 18.2 Å². The van der Waals surface area contributed by atoms with Crippen molar-refractivity contribution in [2.24, 2.45) is 0 Å². The van der Waals surface area contributed by atoms with Gasteiger partial charge < -0.3 is 15.0 Å². The minimum atomic E-state index is -0.550. The second-order valence-corrected chi connectivity index (χ2v) is 10.7. The number of nitrogens with zero attached hydrogens (tertiary/aromatic N) is 3. The molecule has 0 bridgehead atoms. The summed E-state index contributed by atoms with van der Waals surface area (Å²) in [5.41, 5.74) is 4.82. The van der Waals surface area contributed by atoms with Gasteiger partial charge >= 0.3 is 6.09 Å². The molecule has 7 nitrogen and oxygen atoms in total. The third-order valence-corrected chi connectivity index (χ3v) is 6.69. The van der Waals surface area contributed by atoms with Crippen molar-refractivity contribution in [3.05, 3.63) is 82.4 Å².